The molecular weight excluding hydrogens is 336 g/mol. The highest BCUT2D eigenvalue weighted by atomic mass is 16.2. The fourth-order valence-corrected chi connectivity index (χ4v) is 3.27. The summed E-state index contributed by atoms with van der Waals surface area (Å²) in [6.45, 7) is 3.69. The van der Waals surface area contributed by atoms with E-state index < -0.39 is 5.92 Å². The first kappa shape index (κ1) is 18.8. The van der Waals surface area contributed by atoms with Gasteiger partial charge in [0.05, 0.1) is 5.69 Å². The molecule has 0 spiro atoms. The van der Waals surface area contributed by atoms with Crippen LogP contribution in [0.5, 0.6) is 0 Å². The molecular formula is C23H24N2O2. The number of benzene rings is 2. The lowest BCUT2D eigenvalue weighted by Crippen LogP contribution is -2.32. The predicted octanol–water partition coefficient (Wildman–Crippen LogP) is 4.20. The summed E-state index contributed by atoms with van der Waals surface area (Å²) in [5.74, 6) is -1.02. The van der Waals surface area contributed by atoms with Crippen LogP contribution in [0.3, 0.4) is 0 Å². The zero-order valence-corrected chi connectivity index (χ0v) is 15.8. The molecule has 0 saturated heterocycles. The van der Waals surface area contributed by atoms with Crippen LogP contribution < -0.4 is 0 Å². The van der Waals surface area contributed by atoms with Gasteiger partial charge in [0.25, 0.3) is 5.91 Å². The molecule has 0 aliphatic carbocycles. The third kappa shape index (κ3) is 4.79. The van der Waals surface area contributed by atoms with Crippen molar-refractivity contribution in [1.82, 2.24) is 9.78 Å². The van der Waals surface area contributed by atoms with Gasteiger partial charge in [-0.3, -0.25) is 9.59 Å². The molecule has 0 bridgehead atoms. The molecule has 4 nitrogen and oxygen atoms in total. The monoisotopic (exact) mass is 360 g/mol. The Morgan fingerprint density at radius 1 is 0.926 bits per heavy atom. The van der Waals surface area contributed by atoms with Crippen LogP contribution in [0.15, 0.2) is 66.7 Å². The summed E-state index contributed by atoms with van der Waals surface area (Å²) in [4.78, 5) is 26.1. The van der Waals surface area contributed by atoms with Crippen LogP contribution in [-0.4, -0.2) is 21.5 Å². The smallest absolute Gasteiger partial charge is 0.257 e. The minimum Gasteiger partial charge on any atom is -0.299 e. The molecule has 3 aromatic rings. The van der Waals surface area contributed by atoms with Crippen molar-refractivity contribution >= 4 is 11.7 Å². The Kier molecular flexibility index (Phi) is 5.97. The van der Waals surface area contributed by atoms with Crippen LogP contribution in [0.4, 0.5) is 0 Å². The molecule has 0 radical (unpaired) electrons. The maximum Gasteiger partial charge on any atom is 0.257 e. The highest BCUT2D eigenvalue weighted by molar-refractivity contribution is 6.02. The largest absolute Gasteiger partial charge is 0.299 e. The predicted molar refractivity (Wildman–Crippen MR) is 106 cm³/mol. The minimum atomic E-state index is -0.728. The molecule has 1 atom stereocenters. The van der Waals surface area contributed by atoms with E-state index in [2.05, 4.69) is 5.10 Å². The molecule has 1 aromatic heterocycles. The summed E-state index contributed by atoms with van der Waals surface area (Å²) in [7, 11) is 0. The summed E-state index contributed by atoms with van der Waals surface area (Å²) in [5.41, 5.74) is 3.61. The molecule has 0 N–H and O–H groups in total. The fourth-order valence-electron chi connectivity index (χ4n) is 3.27. The van der Waals surface area contributed by atoms with E-state index in [1.54, 1.807) is 0 Å². The van der Waals surface area contributed by atoms with Crippen LogP contribution in [0, 0.1) is 19.8 Å². The van der Waals surface area contributed by atoms with Gasteiger partial charge in [-0.1, -0.05) is 60.7 Å². The zero-order chi connectivity index (χ0) is 19.2. The van der Waals surface area contributed by atoms with Gasteiger partial charge in [-0.25, -0.2) is 4.68 Å². The summed E-state index contributed by atoms with van der Waals surface area (Å²) >= 11 is 0. The summed E-state index contributed by atoms with van der Waals surface area (Å²) in [5, 5.41) is 4.29. The maximum atomic E-state index is 13.1. The molecule has 0 amide bonds. The molecule has 1 unspecified atom stereocenters. The van der Waals surface area contributed by atoms with Gasteiger partial charge >= 0.3 is 0 Å². The van der Waals surface area contributed by atoms with Gasteiger partial charge in [-0.2, -0.15) is 5.10 Å². The molecule has 0 aliphatic heterocycles. The molecule has 2 aromatic carbocycles. The van der Waals surface area contributed by atoms with Crippen LogP contribution in [-0.2, 0) is 17.6 Å². The standard InChI is InChI=1S/C23H24N2O2/c1-17-15-18(2)25(24-17)23(27)21(16-20-11-7-4-8-12-20)22(26)14-13-19-9-5-3-6-10-19/h3-12,15,21H,13-14,16H2,1-2H3. The molecule has 1 heterocycles. The number of aromatic nitrogens is 2. The quantitative estimate of drug-likeness (QED) is 0.593. The first-order valence-electron chi connectivity index (χ1n) is 9.22. The zero-order valence-electron chi connectivity index (χ0n) is 15.8. The normalized spacial score (nSPS) is 11.9. The SMILES string of the molecule is Cc1cc(C)n(C(=O)C(Cc2ccccc2)C(=O)CCc2ccccc2)n1. The molecule has 27 heavy (non-hydrogen) atoms. The average Bonchev–Trinajstić information content (AvgIpc) is 3.03. The lowest BCUT2D eigenvalue weighted by atomic mass is 9.91. The molecule has 0 aliphatic rings. The summed E-state index contributed by atoms with van der Waals surface area (Å²) in [6.07, 6.45) is 1.37. The highest BCUT2D eigenvalue weighted by Gasteiger charge is 2.29. The number of nitrogens with zero attached hydrogens (tertiary/aromatic N) is 2. The number of hydrogen-bond donors (Lipinski definition) is 0. The van der Waals surface area contributed by atoms with Crippen LogP contribution in [0.25, 0.3) is 0 Å². The van der Waals surface area contributed by atoms with E-state index in [0.717, 1.165) is 22.5 Å². The third-order valence-electron chi connectivity index (χ3n) is 4.69. The summed E-state index contributed by atoms with van der Waals surface area (Å²) < 4.78 is 1.38. The van der Waals surface area contributed by atoms with Crippen molar-refractivity contribution in [3.05, 3.63) is 89.2 Å². The Bertz CT molecular complexity index is 914. The summed E-state index contributed by atoms with van der Waals surface area (Å²) in [6, 6.07) is 21.4. The van der Waals surface area contributed by atoms with Crippen molar-refractivity contribution in [1.29, 1.82) is 0 Å². The van der Waals surface area contributed by atoms with Crippen LogP contribution >= 0.6 is 0 Å². The molecule has 0 saturated carbocycles. The average molecular weight is 360 g/mol. The number of Topliss-reactive ketones (excluding diaryl/α,β-unsaturated/α-hetero) is 1. The minimum absolute atomic E-state index is 0.0414. The Hall–Kier alpha value is -3.01. The van der Waals surface area contributed by atoms with Gasteiger partial charge in [0.1, 0.15) is 11.7 Å². The Labute approximate surface area is 159 Å². The van der Waals surface area contributed by atoms with Crippen molar-refractivity contribution in [3.8, 4) is 0 Å². The van der Waals surface area contributed by atoms with E-state index in [1.165, 1.54) is 4.68 Å². The molecule has 138 valence electrons. The number of hydrogen-bond acceptors (Lipinski definition) is 3. The van der Waals surface area contributed by atoms with Crippen molar-refractivity contribution in [2.45, 2.75) is 33.1 Å². The van der Waals surface area contributed by atoms with Gasteiger partial charge in [-0.15, -0.1) is 0 Å². The van der Waals surface area contributed by atoms with E-state index in [1.807, 2.05) is 80.6 Å². The number of carbonyl (C=O) groups excluding carboxylic acids is 2. The van der Waals surface area contributed by atoms with Crippen LogP contribution in [0.2, 0.25) is 0 Å². The maximum absolute atomic E-state index is 13.1. The molecule has 0 fully saturated rings. The first-order valence-corrected chi connectivity index (χ1v) is 9.22. The number of carbonyl (C=O) groups is 2. The number of ketones is 1. The van der Waals surface area contributed by atoms with Gasteiger partial charge in [0, 0.05) is 12.1 Å². The number of rotatable bonds is 7. The van der Waals surface area contributed by atoms with E-state index in [-0.39, 0.29) is 11.7 Å². The Morgan fingerprint density at radius 3 is 2.07 bits per heavy atom. The highest BCUT2D eigenvalue weighted by Crippen LogP contribution is 2.17. The van der Waals surface area contributed by atoms with E-state index in [9.17, 15) is 9.59 Å². The van der Waals surface area contributed by atoms with Crippen molar-refractivity contribution in [2.24, 2.45) is 5.92 Å². The second kappa shape index (κ2) is 8.58. The Balaban J connectivity index is 1.81. The third-order valence-corrected chi connectivity index (χ3v) is 4.69. The first-order chi connectivity index (χ1) is 13.0. The van der Waals surface area contributed by atoms with Gasteiger partial charge < -0.3 is 0 Å². The van der Waals surface area contributed by atoms with Crippen molar-refractivity contribution < 1.29 is 9.59 Å². The van der Waals surface area contributed by atoms with Crippen molar-refractivity contribution in [2.75, 3.05) is 0 Å². The van der Waals surface area contributed by atoms with Crippen molar-refractivity contribution in [3.63, 3.8) is 0 Å². The van der Waals surface area contributed by atoms with E-state index >= 15 is 0 Å². The lowest BCUT2D eigenvalue weighted by molar-refractivity contribution is -0.121. The van der Waals surface area contributed by atoms with E-state index in [4.69, 9.17) is 0 Å². The van der Waals surface area contributed by atoms with Gasteiger partial charge in [0.2, 0.25) is 0 Å². The fraction of sp³-hybridized carbons (Fsp3) is 0.261. The Morgan fingerprint density at radius 2 is 1.52 bits per heavy atom. The second-order valence-corrected chi connectivity index (χ2v) is 6.87. The lowest BCUT2D eigenvalue weighted by Gasteiger charge is -2.16. The van der Waals surface area contributed by atoms with Gasteiger partial charge in [-0.05, 0) is 43.9 Å². The van der Waals surface area contributed by atoms with Gasteiger partial charge in [0.15, 0.2) is 0 Å². The number of aryl methyl sites for hydroxylation is 3. The van der Waals surface area contributed by atoms with E-state index in [0.29, 0.717) is 19.3 Å². The second-order valence-electron chi connectivity index (χ2n) is 6.87. The molecule has 3 rings (SSSR count). The topological polar surface area (TPSA) is 52.0 Å². The van der Waals surface area contributed by atoms with Crippen LogP contribution in [0.1, 0.15) is 33.7 Å². The molecule has 4 heteroatoms.